The summed E-state index contributed by atoms with van der Waals surface area (Å²) in [5.41, 5.74) is 6.44. The summed E-state index contributed by atoms with van der Waals surface area (Å²) in [6, 6.07) is 1.90. The van der Waals surface area contributed by atoms with E-state index >= 15 is 0 Å². The molecule has 2 rings (SSSR count). The Morgan fingerprint density at radius 2 is 1.95 bits per heavy atom. The molecule has 2 heterocycles. The van der Waals surface area contributed by atoms with Crippen LogP contribution in [0.15, 0.2) is 16.8 Å². The average molecular weight is 346 g/mol. The van der Waals surface area contributed by atoms with Crippen LogP contribution >= 0.6 is 23.7 Å². The van der Waals surface area contributed by atoms with Gasteiger partial charge >= 0.3 is 0 Å². The molecule has 0 saturated carbocycles. The highest BCUT2D eigenvalue weighted by molar-refractivity contribution is 7.08. The maximum atomic E-state index is 12.3. The minimum Gasteiger partial charge on any atom is -0.341 e. The van der Waals surface area contributed by atoms with Crippen molar-refractivity contribution in [3.8, 4) is 0 Å². The summed E-state index contributed by atoms with van der Waals surface area (Å²) in [7, 11) is 0. The number of amides is 2. The quantitative estimate of drug-likeness (QED) is 0.907. The number of hydrogen-bond acceptors (Lipinski definition) is 4. The molecule has 1 unspecified atom stereocenters. The van der Waals surface area contributed by atoms with Crippen molar-refractivity contribution in [2.45, 2.75) is 32.2 Å². The molecule has 1 aliphatic heterocycles. The van der Waals surface area contributed by atoms with Crippen LogP contribution in [-0.4, -0.2) is 53.8 Å². The molecule has 0 bridgehead atoms. The monoisotopic (exact) mass is 345 g/mol. The lowest BCUT2D eigenvalue weighted by atomic mass is 10.2. The lowest BCUT2D eigenvalue weighted by Crippen LogP contribution is -2.37. The van der Waals surface area contributed by atoms with E-state index in [4.69, 9.17) is 5.73 Å². The molecule has 0 aromatic carbocycles. The Morgan fingerprint density at radius 1 is 1.27 bits per heavy atom. The predicted molar refractivity (Wildman–Crippen MR) is 91.6 cm³/mol. The maximum Gasteiger partial charge on any atom is 0.254 e. The summed E-state index contributed by atoms with van der Waals surface area (Å²) in [6.07, 6.45) is 2.04. The summed E-state index contributed by atoms with van der Waals surface area (Å²) in [5, 5.41) is 3.79. The SMILES string of the molecule is CC(N)CCC(=O)N1CCCN(C(=O)c2ccsc2)CC1.Cl. The van der Waals surface area contributed by atoms with Gasteiger partial charge in [0.15, 0.2) is 0 Å². The van der Waals surface area contributed by atoms with Crippen molar-refractivity contribution in [2.24, 2.45) is 5.73 Å². The van der Waals surface area contributed by atoms with Crippen molar-refractivity contribution in [3.05, 3.63) is 22.4 Å². The molecular formula is C15H24ClN3O2S. The van der Waals surface area contributed by atoms with E-state index < -0.39 is 0 Å². The first kappa shape index (κ1) is 18.9. The number of halogens is 1. The van der Waals surface area contributed by atoms with E-state index in [1.165, 1.54) is 11.3 Å². The number of rotatable bonds is 4. The fourth-order valence-electron chi connectivity index (χ4n) is 2.45. The minimum atomic E-state index is 0. The molecule has 0 aliphatic carbocycles. The van der Waals surface area contributed by atoms with E-state index in [1.807, 2.05) is 33.6 Å². The summed E-state index contributed by atoms with van der Waals surface area (Å²) in [4.78, 5) is 28.2. The zero-order chi connectivity index (χ0) is 15.2. The van der Waals surface area contributed by atoms with Crippen molar-refractivity contribution >= 4 is 35.6 Å². The zero-order valence-corrected chi connectivity index (χ0v) is 14.5. The van der Waals surface area contributed by atoms with Gasteiger partial charge < -0.3 is 15.5 Å². The molecule has 1 aliphatic rings. The van der Waals surface area contributed by atoms with Gasteiger partial charge in [0.25, 0.3) is 5.91 Å². The Morgan fingerprint density at radius 3 is 2.59 bits per heavy atom. The molecule has 1 fully saturated rings. The van der Waals surface area contributed by atoms with Crippen molar-refractivity contribution in [1.82, 2.24) is 9.80 Å². The summed E-state index contributed by atoms with van der Waals surface area (Å²) in [6.45, 7) is 4.58. The Bertz CT molecular complexity index is 479. The third kappa shape index (κ3) is 5.26. The van der Waals surface area contributed by atoms with E-state index in [-0.39, 0.29) is 30.3 Å². The summed E-state index contributed by atoms with van der Waals surface area (Å²) >= 11 is 1.53. The third-order valence-electron chi connectivity index (χ3n) is 3.72. The molecule has 124 valence electrons. The highest BCUT2D eigenvalue weighted by atomic mass is 35.5. The molecule has 0 spiro atoms. The van der Waals surface area contributed by atoms with Gasteiger partial charge in [-0.3, -0.25) is 9.59 Å². The number of hydrogen-bond donors (Lipinski definition) is 1. The molecule has 1 saturated heterocycles. The molecule has 2 amide bonds. The lowest BCUT2D eigenvalue weighted by Gasteiger charge is -2.22. The largest absolute Gasteiger partial charge is 0.341 e. The highest BCUT2D eigenvalue weighted by Gasteiger charge is 2.22. The highest BCUT2D eigenvalue weighted by Crippen LogP contribution is 2.13. The van der Waals surface area contributed by atoms with Crippen molar-refractivity contribution in [3.63, 3.8) is 0 Å². The second kappa shape index (κ2) is 9.12. The minimum absolute atomic E-state index is 0. The van der Waals surface area contributed by atoms with Crippen molar-refractivity contribution in [2.75, 3.05) is 26.2 Å². The first-order valence-electron chi connectivity index (χ1n) is 7.42. The topological polar surface area (TPSA) is 66.6 Å². The molecule has 2 N–H and O–H groups in total. The van der Waals surface area contributed by atoms with Crippen LogP contribution in [0, 0.1) is 0 Å². The van der Waals surface area contributed by atoms with Crippen LogP contribution in [0.3, 0.4) is 0 Å². The zero-order valence-electron chi connectivity index (χ0n) is 12.9. The maximum absolute atomic E-state index is 12.3. The van der Waals surface area contributed by atoms with Crippen molar-refractivity contribution in [1.29, 1.82) is 0 Å². The van der Waals surface area contributed by atoms with Crippen LogP contribution in [-0.2, 0) is 4.79 Å². The van der Waals surface area contributed by atoms with Crippen LogP contribution in [0.25, 0.3) is 0 Å². The molecule has 22 heavy (non-hydrogen) atoms. The van der Waals surface area contributed by atoms with Crippen LogP contribution in [0.2, 0.25) is 0 Å². The number of carbonyl (C=O) groups is 2. The fraction of sp³-hybridized carbons (Fsp3) is 0.600. The fourth-order valence-corrected chi connectivity index (χ4v) is 3.08. The van der Waals surface area contributed by atoms with Gasteiger partial charge in [0.05, 0.1) is 5.56 Å². The van der Waals surface area contributed by atoms with Gasteiger partial charge in [-0.2, -0.15) is 11.3 Å². The van der Waals surface area contributed by atoms with E-state index in [0.717, 1.165) is 18.5 Å². The Balaban J connectivity index is 0.00000242. The molecule has 7 heteroatoms. The Labute approximate surface area is 141 Å². The van der Waals surface area contributed by atoms with Crippen LogP contribution in [0.5, 0.6) is 0 Å². The van der Waals surface area contributed by atoms with Crippen LogP contribution in [0.1, 0.15) is 36.5 Å². The molecule has 5 nitrogen and oxygen atoms in total. The predicted octanol–water partition coefficient (Wildman–Crippen LogP) is 1.97. The van der Waals surface area contributed by atoms with E-state index in [9.17, 15) is 9.59 Å². The number of thiophene rings is 1. The van der Waals surface area contributed by atoms with E-state index in [2.05, 4.69) is 0 Å². The molecule has 0 radical (unpaired) electrons. The van der Waals surface area contributed by atoms with Gasteiger partial charge in [-0.1, -0.05) is 0 Å². The summed E-state index contributed by atoms with van der Waals surface area (Å²) in [5.74, 6) is 0.221. The average Bonchev–Trinajstić information content (AvgIpc) is 2.88. The molecule has 1 aromatic heterocycles. The van der Waals surface area contributed by atoms with Gasteiger partial charge in [0.1, 0.15) is 0 Å². The van der Waals surface area contributed by atoms with Crippen molar-refractivity contribution < 1.29 is 9.59 Å². The van der Waals surface area contributed by atoms with Gasteiger partial charge in [0.2, 0.25) is 5.91 Å². The first-order chi connectivity index (χ1) is 10.1. The molecule has 1 atom stereocenters. The summed E-state index contributed by atoms with van der Waals surface area (Å²) < 4.78 is 0. The number of nitrogens with zero attached hydrogens (tertiary/aromatic N) is 2. The van der Waals surface area contributed by atoms with E-state index in [1.54, 1.807) is 0 Å². The normalized spacial score (nSPS) is 16.6. The number of nitrogens with two attached hydrogens (primary N) is 1. The Hall–Kier alpha value is -1.11. The Kier molecular flexibility index (Phi) is 7.85. The third-order valence-corrected chi connectivity index (χ3v) is 4.40. The first-order valence-corrected chi connectivity index (χ1v) is 8.37. The molecular weight excluding hydrogens is 322 g/mol. The second-order valence-corrected chi connectivity index (χ2v) is 6.33. The van der Waals surface area contributed by atoms with Crippen LogP contribution in [0.4, 0.5) is 0 Å². The van der Waals surface area contributed by atoms with Gasteiger partial charge in [0, 0.05) is 44.0 Å². The van der Waals surface area contributed by atoms with E-state index in [0.29, 0.717) is 32.5 Å². The second-order valence-electron chi connectivity index (χ2n) is 5.55. The lowest BCUT2D eigenvalue weighted by molar-refractivity contribution is -0.131. The smallest absolute Gasteiger partial charge is 0.254 e. The van der Waals surface area contributed by atoms with Gasteiger partial charge in [-0.15, -0.1) is 12.4 Å². The van der Waals surface area contributed by atoms with Gasteiger partial charge in [-0.25, -0.2) is 0 Å². The molecule has 1 aromatic rings. The standard InChI is InChI=1S/C15H23N3O2S.ClH/c1-12(16)3-4-14(19)17-6-2-7-18(9-8-17)15(20)13-5-10-21-11-13;/h5,10-12H,2-4,6-9,16H2,1H3;1H. The van der Waals surface area contributed by atoms with Crippen LogP contribution < -0.4 is 5.73 Å². The van der Waals surface area contributed by atoms with Gasteiger partial charge in [-0.05, 0) is 31.2 Å². The number of carbonyl (C=O) groups excluding carboxylic acids is 2.